The van der Waals surface area contributed by atoms with Crippen LogP contribution in [0.4, 0.5) is 11.4 Å². The van der Waals surface area contributed by atoms with E-state index in [9.17, 15) is 4.79 Å². The summed E-state index contributed by atoms with van der Waals surface area (Å²) in [7, 11) is 0. The number of nitrogens with zero attached hydrogens (tertiary/aromatic N) is 5. The second-order valence-corrected chi connectivity index (χ2v) is 7.99. The van der Waals surface area contributed by atoms with Gasteiger partial charge in [-0.3, -0.25) is 14.4 Å². The number of piperazine rings is 1. The fraction of sp³-hybridized carbons (Fsp3) is 0.571. The van der Waals surface area contributed by atoms with Gasteiger partial charge in [0.25, 0.3) is 5.91 Å². The van der Waals surface area contributed by atoms with E-state index in [0.717, 1.165) is 56.0 Å². The average molecular weight is 400 g/mol. The second-order valence-electron chi connectivity index (χ2n) is 7.99. The number of amides is 1. The van der Waals surface area contributed by atoms with Gasteiger partial charge >= 0.3 is 0 Å². The van der Waals surface area contributed by atoms with Crippen molar-refractivity contribution in [3.05, 3.63) is 35.7 Å². The van der Waals surface area contributed by atoms with E-state index in [1.54, 1.807) is 10.9 Å². The van der Waals surface area contributed by atoms with Crippen LogP contribution in [0.15, 0.2) is 24.4 Å². The van der Waals surface area contributed by atoms with Gasteiger partial charge in [-0.15, -0.1) is 5.10 Å². The van der Waals surface area contributed by atoms with Gasteiger partial charge in [0.2, 0.25) is 0 Å². The summed E-state index contributed by atoms with van der Waals surface area (Å²) in [6, 6.07) is 6.78. The van der Waals surface area contributed by atoms with Crippen molar-refractivity contribution in [3.8, 4) is 0 Å². The summed E-state index contributed by atoms with van der Waals surface area (Å²) in [5.74, 6) is -0.240. The first-order valence-electron chi connectivity index (χ1n) is 10.5. The zero-order valence-electron chi connectivity index (χ0n) is 17.8. The van der Waals surface area contributed by atoms with E-state index < -0.39 is 0 Å². The lowest BCUT2D eigenvalue weighted by Crippen LogP contribution is -2.48. The van der Waals surface area contributed by atoms with Crippen molar-refractivity contribution in [1.82, 2.24) is 19.9 Å². The predicted octanol–water partition coefficient (Wildman–Crippen LogP) is 2.11. The summed E-state index contributed by atoms with van der Waals surface area (Å²) in [5.41, 5.74) is 8.89. The van der Waals surface area contributed by atoms with Crippen LogP contribution in [0.5, 0.6) is 0 Å². The van der Waals surface area contributed by atoms with Crippen LogP contribution >= 0.6 is 0 Å². The molecule has 0 radical (unpaired) electrons. The molecule has 0 atom stereocenters. The fourth-order valence-electron chi connectivity index (χ4n) is 3.64. The Labute approximate surface area is 173 Å². The summed E-state index contributed by atoms with van der Waals surface area (Å²) in [5, 5.41) is 11.0. The molecule has 1 amide bonds. The Morgan fingerprint density at radius 2 is 1.93 bits per heavy atom. The lowest BCUT2D eigenvalue weighted by atomic mass is 10.1. The Bertz CT molecular complexity index is 809. The number of aryl methyl sites for hydroxylation is 2. The highest BCUT2D eigenvalue weighted by molar-refractivity contribution is 6.02. The Morgan fingerprint density at radius 1 is 1.17 bits per heavy atom. The molecule has 0 saturated carbocycles. The van der Waals surface area contributed by atoms with Crippen LogP contribution in [0.2, 0.25) is 0 Å². The highest BCUT2D eigenvalue weighted by atomic mass is 16.2. The van der Waals surface area contributed by atoms with E-state index in [0.29, 0.717) is 24.8 Å². The quantitative estimate of drug-likeness (QED) is 0.661. The van der Waals surface area contributed by atoms with Gasteiger partial charge in [0.1, 0.15) is 0 Å². The maximum absolute atomic E-state index is 12.6. The number of benzene rings is 1. The molecule has 8 heteroatoms. The Balaban J connectivity index is 1.63. The molecule has 1 aromatic carbocycles. The van der Waals surface area contributed by atoms with E-state index in [-0.39, 0.29) is 5.91 Å². The number of carbonyl (C=O) groups is 1. The van der Waals surface area contributed by atoms with Crippen molar-refractivity contribution in [2.45, 2.75) is 46.2 Å². The number of anilines is 2. The number of aromatic nitrogens is 3. The van der Waals surface area contributed by atoms with Crippen LogP contribution in [0.1, 0.15) is 42.7 Å². The number of carbonyl (C=O) groups excluding carboxylic acids is 1. The summed E-state index contributed by atoms with van der Waals surface area (Å²) in [6.45, 7) is 12.0. The first kappa shape index (κ1) is 21.3. The van der Waals surface area contributed by atoms with Gasteiger partial charge in [-0.25, -0.2) is 0 Å². The number of hydrogen-bond donors (Lipinski definition) is 2. The van der Waals surface area contributed by atoms with Crippen LogP contribution in [0, 0.1) is 6.92 Å². The number of nitrogens with one attached hydrogen (secondary N) is 1. The summed E-state index contributed by atoms with van der Waals surface area (Å²) in [6.07, 6.45) is 3.54. The smallest absolute Gasteiger partial charge is 0.277 e. The van der Waals surface area contributed by atoms with Crippen molar-refractivity contribution in [2.24, 2.45) is 5.73 Å². The van der Waals surface area contributed by atoms with E-state index in [1.807, 2.05) is 12.1 Å². The van der Waals surface area contributed by atoms with E-state index >= 15 is 0 Å². The van der Waals surface area contributed by atoms with Crippen LogP contribution < -0.4 is 16.0 Å². The molecule has 1 fully saturated rings. The molecule has 3 N–H and O–H groups in total. The van der Waals surface area contributed by atoms with Crippen LogP contribution in [-0.4, -0.2) is 64.6 Å². The van der Waals surface area contributed by atoms with Gasteiger partial charge in [-0.1, -0.05) is 5.21 Å². The number of hydrogen-bond acceptors (Lipinski definition) is 6. The number of nitrogens with two attached hydrogens (primary N) is 1. The Morgan fingerprint density at radius 3 is 2.62 bits per heavy atom. The molecule has 1 aromatic heterocycles. The molecule has 158 valence electrons. The lowest BCUT2D eigenvalue weighted by Gasteiger charge is -2.38. The van der Waals surface area contributed by atoms with Crippen LogP contribution in [-0.2, 0) is 6.54 Å². The minimum Gasteiger partial charge on any atom is -0.369 e. The van der Waals surface area contributed by atoms with Crippen LogP contribution in [0.3, 0.4) is 0 Å². The normalized spacial score (nSPS) is 15.1. The molecule has 0 unspecified atom stereocenters. The average Bonchev–Trinajstić information content (AvgIpc) is 3.17. The summed E-state index contributed by atoms with van der Waals surface area (Å²) in [4.78, 5) is 17.5. The minimum atomic E-state index is -0.240. The van der Waals surface area contributed by atoms with E-state index in [4.69, 9.17) is 5.73 Å². The minimum absolute atomic E-state index is 0.240. The first-order chi connectivity index (χ1) is 14.0. The molecule has 0 spiro atoms. The molecule has 1 aliphatic rings. The van der Waals surface area contributed by atoms with Gasteiger partial charge < -0.3 is 16.0 Å². The second kappa shape index (κ2) is 9.84. The molecular weight excluding hydrogens is 366 g/mol. The number of unbranched alkanes of at least 4 members (excludes halogenated alkanes) is 1. The molecule has 2 aromatic rings. The molecule has 1 saturated heterocycles. The Kier molecular flexibility index (Phi) is 7.22. The Hall–Kier alpha value is -2.45. The molecule has 0 bridgehead atoms. The van der Waals surface area contributed by atoms with Crippen LogP contribution in [0.25, 0.3) is 0 Å². The predicted molar refractivity (Wildman–Crippen MR) is 116 cm³/mol. The van der Waals surface area contributed by atoms with Crippen molar-refractivity contribution in [1.29, 1.82) is 0 Å². The highest BCUT2D eigenvalue weighted by Gasteiger charge is 2.20. The SMILES string of the molecule is Cc1cc(NC(=O)c2cn(CCCCN)nn2)cc(N2CCN(C(C)C)CC2)c1. The van der Waals surface area contributed by atoms with Crippen molar-refractivity contribution in [3.63, 3.8) is 0 Å². The summed E-state index contributed by atoms with van der Waals surface area (Å²) >= 11 is 0. The van der Waals surface area contributed by atoms with Gasteiger partial charge in [0.05, 0.1) is 6.20 Å². The topological polar surface area (TPSA) is 92.3 Å². The molecule has 0 aliphatic carbocycles. The number of rotatable bonds is 8. The maximum atomic E-state index is 12.6. The van der Waals surface area contributed by atoms with Gasteiger partial charge in [-0.05, 0) is 63.9 Å². The third-order valence-electron chi connectivity index (χ3n) is 5.34. The molecule has 29 heavy (non-hydrogen) atoms. The van der Waals surface area contributed by atoms with Crippen molar-refractivity contribution >= 4 is 17.3 Å². The van der Waals surface area contributed by atoms with E-state index in [1.165, 1.54) is 0 Å². The zero-order chi connectivity index (χ0) is 20.8. The van der Waals surface area contributed by atoms with E-state index in [2.05, 4.69) is 52.3 Å². The molecule has 3 rings (SSSR count). The molecular formula is C21H33N7O. The largest absolute Gasteiger partial charge is 0.369 e. The molecule has 1 aliphatic heterocycles. The standard InChI is InChI=1S/C21H33N7O/c1-16(2)26-8-10-27(11-9-26)19-13-17(3)12-18(14-19)23-21(29)20-15-28(25-24-20)7-5-4-6-22/h12-16H,4-11,22H2,1-3H3,(H,23,29). The lowest BCUT2D eigenvalue weighted by molar-refractivity contribution is 0.102. The molecule has 8 nitrogen and oxygen atoms in total. The van der Waals surface area contributed by atoms with Gasteiger partial charge in [0.15, 0.2) is 5.69 Å². The summed E-state index contributed by atoms with van der Waals surface area (Å²) < 4.78 is 1.69. The van der Waals surface area contributed by atoms with Crippen molar-refractivity contribution in [2.75, 3.05) is 42.9 Å². The zero-order valence-corrected chi connectivity index (χ0v) is 17.8. The fourth-order valence-corrected chi connectivity index (χ4v) is 3.64. The monoisotopic (exact) mass is 399 g/mol. The highest BCUT2D eigenvalue weighted by Crippen LogP contribution is 2.24. The van der Waals surface area contributed by atoms with Gasteiger partial charge in [-0.2, -0.15) is 0 Å². The maximum Gasteiger partial charge on any atom is 0.277 e. The first-order valence-corrected chi connectivity index (χ1v) is 10.5. The molecule has 2 heterocycles. The van der Waals surface area contributed by atoms with Gasteiger partial charge in [0, 0.05) is 50.1 Å². The third-order valence-corrected chi connectivity index (χ3v) is 5.34. The third kappa shape index (κ3) is 5.77. The van der Waals surface area contributed by atoms with Crippen molar-refractivity contribution < 1.29 is 4.79 Å².